The summed E-state index contributed by atoms with van der Waals surface area (Å²) in [7, 11) is 1.33. The van der Waals surface area contributed by atoms with E-state index >= 15 is 0 Å². The third-order valence-corrected chi connectivity index (χ3v) is 1.17. The Morgan fingerprint density at radius 1 is 1.82 bits per heavy atom. The number of hydrogen-bond acceptors (Lipinski definition) is 4. The van der Waals surface area contributed by atoms with E-state index in [1.165, 1.54) is 7.11 Å². The summed E-state index contributed by atoms with van der Waals surface area (Å²) in [5, 5.41) is 11.1. The molecule has 1 N–H and O–H groups in total. The number of rotatable bonds is 4. The van der Waals surface area contributed by atoms with Gasteiger partial charge in [0.25, 0.3) is 0 Å². The van der Waals surface area contributed by atoms with Gasteiger partial charge in [-0.25, -0.2) is 0 Å². The van der Waals surface area contributed by atoms with Crippen LogP contribution in [0.4, 0.5) is 0 Å². The average molecular weight is 156 g/mol. The highest BCUT2D eigenvalue weighted by Crippen LogP contribution is 1.86. The van der Waals surface area contributed by atoms with E-state index in [9.17, 15) is 4.79 Å². The highest BCUT2D eigenvalue weighted by Gasteiger charge is 2.01. The van der Waals surface area contributed by atoms with Crippen molar-refractivity contribution < 1.29 is 9.53 Å². The maximum atomic E-state index is 10.5. The SMILES string of the molecule is COC(=O)CNCC(C)C#N. The van der Waals surface area contributed by atoms with Gasteiger partial charge in [-0.1, -0.05) is 0 Å². The first-order chi connectivity index (χ1) is 5.20. The fourth-order valence-corrected chi connectivity index (χ4v) is 0.509. The molecule has 0 heterocycles. The Bertz CT molecular complexity index is 162. The second-order valence-corrected chi connectivity index (χ2v) is 2.24. The molecule has 1 atom stereocenters. The molecule has 0 aliphatic rings. The molecule has 0 fully saturated rings. The van der Waals surface area contributed by atoms with Gasteiger partial charge in [-0.15, -0.1) is 0 Å². The molecule has 0 radical (unpaired) electrons. The van der Waals surface area contributed by atoms with Gasteiger partial charge in [0.2, 0.25) is 0 Å². The number of hydrogen-bond donors (Lipinski definition) is 1. The standard InChI is InChI=1S/C7H12N2O2/c1-6(3-8)4-9-5-7(10)11-2/h6,9H,4-5H2,1-2H3. The lowest BCUT2D eigenvalue weighted by Gasteiger charge is -2.03. The summed E-state index contributed by atoms with van der Waals surface area (Å²) in [5.41, 5.74) is 0. The van der Waals surface area contributed by atoms with E-state index in [1.54, 1.807) is 6.92 Å². The monoisotopic (exact) mass is 156 g/mol. The number of carbonyl (C=O) groups excluding carboxylic acids is 1. The van der Waals surface area contributed by atoms with Crippen molar-refractivity contribution in [1.82, 2.24) is 5.32 Å². The van der Waals surface area contributed by atoms with Crippen molar-refractivity contribution in [2.45, 2.75) is 6.92 Å². The minimum absolute atomic E-state index is 0.0698. The van der Waals surface area contributed by atoms with E-state index < -0.39 is 0 Å². The number of esters is 1. The van der Waals surface area contributed by atoms with Crippen LogP contribution in [0.3, 0.4) is 0 Å². The first-order valence-electron chi connectivity index (χ1n) is 3.38. The van der Waals surface area contributed by atoms with Crippen molar-refractivity contribution in [1.29, 1.82) is 5.26 Å². The number of nitrogens with one attached hydrogen (secondary N) is 1. The first-order valence-corrected chi connectivity index (χ1v) is 3.38. The van der Waals surface area contributed by atoms with Crippen molar-refractivity contribution in [2.24, 2.45) is 5.92 Å². The minimum Gasteiger partial charge on any atom is -0.468 e. The Kier molecular flexibility index (Phi) is 5.13. The number of methoxy groups -OCH3 is 1. The van der Waals surface area contributed by atoms with Crippen molar-refractivity contribution in [3.8, 4) is 6.07 Å². The van der Waals surface area contributed by atoms with Crippen LogP contribution in [0.25, 0.3) is 0 Å². The predicted octanol–water partition coefficient (Wildman–Crippen LogP) is -0.0913. The predicted molar refractivity (Wildman–Crippen MR) is 39.7 cm³/mol. The molecule has 4 heteroatoms. The molecule has 0 saturated carbocycles. The maximum absolute atomic E-state index is 10.5. The van der Waals surface area contributed by atoms with E-state index in [0.29, 0.717) is 6.54 Å². The zero-order valence-corrected chi connectivity index (χ0v) is 6.76. The molecular weight excluding hydrogens is 144 g/mol. The molecule has 0 bridgehead atoms. The van der Waals surface area contributed by atoms with E-state index in [0.717, 1.165) is 0 Å². The summed E-state index contributed by atoms with van der Waals surface area (Å²) in [6.45, 7) is 2.47. The molecule has 0 aromatic heterocycles. The lowest BCUT2D eigenvalue weighted by atomic mass is 10.2. The molecular formula is C7H12N2O2. The zero-order valence-electron chi connectivity index (χ0n) is 6.76. The molecule has 0 spiro atoms. The van der Waals surface area contributed by atoms with Crippen molar-refractivity contribution in [3.63, 3.8) is 0 Å². The fourth-order valence-electron chi connectivity index (χ4n) is 0.509. The minimum atomic E-state index is -0.310. The Morgan fingerprint density at radius 3 is 2.91 bits per heavy atom. The quantitative estimate of drug-likeness (QED) is 0.578. The van der Waals surface area contributed by atoms with Crippen LogP contribution in [0.2, 0.25) is 0 Å². The Labute approximate surface area is 66.1 Å². The van der Waals surface area contributed by atoms with Crippen LogP contribution in [-0.2, 0) is 9.53 Å². The normalized spacial score (nSPS) is 11.7. The van der Waals surface area contributed by atoms with Crippen LogP contribution < -0.4 is 5.32 Å². The molecule has 11 heavy (non-hydrogen) atoms. The lowest BCUT2D eigenvalue weighted by Crippen LogP contribution is -2.27. The van der Waals surface area contributed by atoms with Crippen LogP contribution in [0.15, 0.2) is 0 Å². The van der Waals surface area contributed by atoms with Crippen LogP contribution in [0, 0.1) is 17.2 Å². The molecule has 0 rings (SSSR count). The van der Waals surface area contributed by atoms with Gasteiger partial charge in [-0.3, -0.25) is 4.79 Å². The molecule has 62 valence electrons. The number of nitrogens with zero attached hydrogens (tertiary/aromatic N) is 1. The molecule has 0 saturated heterocycles. The molecule has 0 amide bonds. The summed E-state index contributed by atoms with van der Waals surface area (Å²) in [6, 6.07) is 2.04. The molecule has 0 aromatic carbocycles. The zero-order chi connectivity index (χ0) is 8.69. The van der Waals surface area contributed by atoms with E-state index in [1.807, 2.05) is 6.07 Å². The third-order valence-electron chi connectivity index (χ3n) is 1.17. The Balaban J connectivity index is 3.29. The molecule has 0 aromatic rings. The van der Waals surface area contributed by atoms with Crippen LogP contribution in [-0.4, -0.2) is 26.2 Å². The summed E-state index contributed by atoms with van der Waals surface area (Å²) < 4.78 is 4.38. The van der Waals surface area contributed by atoms with E-state index in [-0.39, 0.29) is 18.4 Å². The molecule has 0 aliphatic carbocycles. The summed E-state index contributed by atoms with van der Waals surface area (Å²) in [6.07, 6.45) is 0. The van der Waals surface area contributed by atoms with E-state index in [4.69, 9.17) is 5.26 Å². The average Bonchev–Trinajstić information content (AvgIpc) is 2.04. The van der Waals surface area contributed by atoms with Gasteiger partial charge in [0.1, 0.15) is 0 Å². The smallest absolute Gasteiger partial charge is 0.319 e. The van der Waals surface area contributed by atoms with Gasteiger partial charge in [0.05, 0.1) is 25.6 Å². The van der Waals surface area contributed by atoms with Crippen LogP contribution >= 0.6 is 0 Å². The molecule has 4 nitrogen and oxygen atoms in total. The molecule has 1 unspecified atom stereocenters. The highest BCUT2D eigenvalue weighted by atomic mass is 16.5. The van der Waals surface area contributed by atoms with Crippen molar-refractivity contribution in [3.05, 3.63) is 0 Å². The Morgan fingerprint density at radius 2 is 2.45 bits per heavy atom. The second kappa shape index (κ2) is 5.69. The highest BCUT2D eigenvalue weighted by molar-refractivity contribution is 5.71. The topological polar surface area (TPSA) is 62.1 Å². The first kappa shape index (κ1) is 9.92. The van der Waals surface area contributed by atoms with Gasteiger partial charge >= 0.3 is 5.97 Å². The summed E-state index contributed by atoms with van der Waals surface area (Å²) in [4.78, 5) is 10.5. The van der Waals surface area contributed by atoms with Crippen molar-refractivity contribution >= 4 is 5.97 Å². The number of ether oxygens (including phenoxy) is 1. The van der Waals surface area contributed by atoms with Gasteiger partial charge in [-0.2, -0.15) is 5.26 Å². The van der Waals surface area contributed by atoms with E-state index in [2.05, 4.69) is 10.1 Å². The largest absolute Gasteiger partial charge is 0.468 e. The lowest BCUT2D eigenvalue weighted by molar-refractivity contribution is -0.139. The van der Waals surface area contributed by atoms with Crippen LogP contribution in [0.1, 0.15) is 6.92 Å². The number of nitriles is 1. The van der Waals surface area contributed by atoms with Gasteiger partial charge in [-0.05, 0) is 6.92 Å². The number of carbonyl (C=O) groups is 1. The van der Waals surface area contributed by atoms with Gasteiger partial charge < -0.3 is 10.1 Å². The maximum Gasteiger partial charge on any atom is 0.319 e. The summed E-state index contributed by atoms with van der Waals surface area (Å²) >= 11 is 0. The fraction of sp³-hybridized carbons (Fsp3) is 0.714. The second-order valence-electron chi connectivity index (χ2n) is 2.24. The van der Waals surface area contributed by atoms with Crippen LogP contribution in [0.5, 0.6) is 0 Å². The molecule has 0 aliphatic heterocycles. The summed E-state index contributed by atoms with van der Waals surface area (Å²) in [5.74, 6) is -0.380. The third kappa shape index (κ3) is 5.37. The van der Waals surface area contributed by atoms with Gasteiger partial charge in [0.15, 0.2) is 0 Å². The van der Waals surface area contributed by atoms with Gasteiger partial charge in [0, 0.05) is 6.54 Å². The Hall–Kier alpha value is -1.08. The van der Waals surface area contributed by atoms with Crippen molar-refractivity contribution in [2.75, 3.05) is 20.2 Å².